The lowest BCUT2D eigenvalue weighted by atomic mass is 10.1. The molecule has 0 aromatic carbocycles. The molecule has 0 saturated heterocycles. The van der Waals surface area contributed by atoms with E-state index < -0.39 is 6.10 Å². The Morgan fingerprint density at radius 2 is 0.720 bits per heavy atom. The summed E-state index contributed by atoms with van der Waals surface area (Å²) in [5.41, 5.74) is 0. The van der Waals surface area contributed by atoms with Crippen molar-refractivity contribution in [2.24, 2.45) is 0 Å². The summed E-state index contributed by atoms with van der Waals surface area (Å²) in [6, 6.07) is 0. The standard InChI is InChI=1S/C44H80O6/c1-4-7-10-13-16-18-19-20-21-22-23-24-25-26-29-31-34-37-43(46)49-40-41(39-48-42(45)36-33-30-27-15-12-9-6-3)50-44(47)38-35-32-28-17-14-11-8-5-2/h16,18,20-21,41H,4-15,17,19,22-40H2,1-3H3/b18-16-,21-20-. The van der Waals surface area contributed by atoms with Crippen LogP contribution in [0.25, 0.3) is 0 Å². The van der Waals surface area contributed by atoms with Gasteiger partial charge in [0.25, 0.3) is 0 Å². The number of esters is 3. The first-order valence-electron chi connectivity index (χ1n) is 21.3. The van der Waals surface area contributed by atoms with Crippen LogP contribution in [0.5, 0.6) is 0 Å². The first-order valence-corrected chi connectivity index (χ1v) is 21.3. The lowest BCUT2D eigenvalue weighted by Crippen LogP contribution is -2.30. The Labute approximate surface area is 309 Å². The third-order valence-electron chi connectivity index (χ3n) is 9.21. The zero-order chi connectivity index (χ0) is 36.6. The lowest BCUT2D eigenvalue weighted by Gasteiger charge is -2.18. The first kappa shape index (κ1) is 47.9. The molecule has 6 heteroatoms. The van der Waals surface area contributed by atoms with Crippen molar-refractivity contribution >= 4 is 17.9 Å². The predicted molar refractivity (Wildman–Crippen MR) is 210 cm³/mol. The number of rotatable bonds is 38. The molecule has 292 valence electrons. The average molecular weight is 705 g/mol. The van der Waals surface area contributed by atoms with E-state index in [1.165, 1.54) is 109 Å². The van der Waals surface area contributed by atoms with Crippen LogP contribution in [0.3, 0.4) is 0 Å². The molecule has 0 aliphatic heterocycles. The van der Waals surface area contributed by atoms with Gasteiger partial charge in [0.05, 0.1) is 0 Å². The van der Waals surface area contributed by atoms with Gasteiger partial charge in [0.2, 0.25) is 0 Å². The SMILES string of the molecule is CCCCC/C=C\C/C=C\CCCCCCCCCC(=O)OCC(COC(=O)CCCCCCCCC)OC(=O)CCCCCCCCCC. The van der Waals surface area contributed by atoms with Gasteiger partial charge >= 0.3 is 17.9 Å². The summed E-state index contributed by atoms with van der Waals surface area (Å²) in [4.78, 5) is 37.4. The molecule has 0 bridgehead atoms. The van der Waals surface area contributed by atoms with Gasteiger partial charge in [0.1, 0.15) is 13.2 Å². The Hall–Kier alpha value is -2.11. The first-order chi connectivity index (χ1) is 24.5. The van der Waals surface area contributed by atoms with Crippen LogP contribution in [0.15, 0.2) is 24.3 Å². The van der Waals surface area contributed by atoms with Crippen LogP contribution in [-0.4, -0.2) is 37.2 Å². The molecule has 0 N–H and O–H groups in total. The molecule has 50 heavy (non-hydrogen) atoms. The molecule has 0 saturated carbocycles. The summed E-state index contributed by atoms with van der Waals surface area (Å²) in [6.07, 6.45) is 41.7. The summed E-state index contributed by atoms with van der Waals surface area (Å²) in [7, 11) is 0. The van der Waals surface area contributed by atoms with Gasteiger partial charge < -0.3 is 14.2 Å². The van der Waals surface area contributed by atoms with Crippen molar-refractivity contribution in [2.75, 3.05) is 13.2 Å². The van der Waals surface area contributed by atoms with Crippen molar-refractivity contribution in [2.45, 2.75) is 226 Å². The Balaban J connectivity index is 4.23. The van der Waals surface area contributed by atoms with Crippen molar-refractivity contribution in [1.82, 2.24) is 0 Å². The normalized spacial score (nSPS) is 12.1. The average Bonchev–Trinajstić information content (AvgIpc) is 3.11. The number of unbranched alkanes of at least 4 members (excludes halogenated alkanes) is 23. The van der Waals surface area contributed by atoms with Gasteiger partial charge in [0, 0.05) is 19.3 Å². The van der Waals surface area contributed by atoms with Crippen LogP contribution < -0.4 is 0 Å². The van der Waals surface area contributed by atoms with Crippen LogP contribution in [0.4, 0.5) is 0 Å². The Kier molecular flexibility index (Phi) is 38.0. The summed E-state index contributed by atoms with van der Waals surface area (Å²) in [5.74, 6) is -0.890. The fourth-order valence-corrected chi connectivity index (χ4v) is 5.94. The van der Waals surface area contributed by atoms with Crippen LogP contribution >= 0.6 is 0 Å². The Morgan fingerprint density at radius 3 is 1.14 bits per heavy atom. The van der Waals surface area contributed by atoms with Crippen molar-refractivity contribution in [3.05, 3.63) is 24.3 Å². The lowest BCUT2D eigenvalue weighted by molar-refractivity contribution is -0.167. The number of hydrogen-bond donors (Lipinski definition) is 0. The number of hydrogen-bond acceptors (Lipinski definition) is 6. The topological polar surface area (TPSA) is 78.9 Å². The van der Waals surface area contributed by atoms with Gasteiger partial charge in [-0.1, -0.05) is 173 Å². The maximum absolute atomic E-state index is 12.6. The molecule has 6 nitrogen and oxygen atoms in total. The molecule has 0 rings (SSSR count). The largest absolute Gasteiger partial charge is 0.462 e. The molecular formula is C44H80O6. The van der Waals surface area contributed by atoms with Crippen LogP contribution in [0, 0.1) is 0 Å². The monoisotopic (exact) mass is 705 g/mol. The van der Waals surface area contributed by atoms with E-state index in [2.05, 4.69) is 45.1 Å². The second-order valence-electron chi connectivity index (χ2n) is 14.3. The number of carbonyl (C=O) groups is 3. The quantitative estimate of drug-likeness (QED) is 0.0275. The highest BCUT2D eigenvalue weighted by Gasteiger charge is 2.19. The molecule has 0 spiro atoms. The van der Waals surface area contributed by atoms with Crippen molar-refractivity contribution in [3.8, 4) is 0 Å². The van der Waals surface area contributed by atoms with Crippen molar-refractivity contribution in [3.63, 3.8) is 0 Å². The molecular weight excluding hydrogens is 624 g/mol. The highest BCUT2D eigenvalue weighted by Crippen LogP contribution is 2.14. The summed E-state index contributed by atoms with van der Waals surface area (Å²) < 4.78 is 16.6. The maximum atomic E-state index is 12.6. The summed E-state index contributed by atoms with van der Waals surface area (Å²) >= 11 is 0. The highest BCUT2D eigenvalue weighted by molar-refractivity contribution is 5.71. The van der Waals surface area contributed by atoms with E-state index in [4.69, 9.17) is 14.2 Å². The van der Waals surface area contributed by atoms with Crippen molar-refractivity contribution < 1.29 is 28.6 Å². The molecule has 0 aliphatic carbocycles. The van der Waals surface area contributed by atoms with Crippen LogP contribution in [0.2, 0.25) is 0 Å². The maximum Gasteiger partial charge on any atom is 0.306 e. The van der Waals surface area contributed by atoms with Gasteiger partial charge in [0.15, 0.2) is 6.10 Å². The van der Waals surface area contributed by atoms with E-state index in [1.807, 2.05) is 0 Å². The molecule has 0 heterocycles. The smallest absolute Gasteiger partial charge is 0.306 e. The summed E-state index contributed by atoms with van der Waals surface area (Å²) in [6.45, 7) is 6.52. The van der Waals surface area contributed by atoms with E-state index in [0.29, 0.717) is 19.3 Å². The van der Waals surface area contributed by atoms with Gasteiger partial charge in [-0.3, -0.25) is 14.4 Å². The van der Waals surface area contributed by atoms with E-state index in [0.717, 1.165) is 70.6 Å². The zero-order valence-corrected chi connectivity index (χ0v) is 33.2. The van der Waals surface area contributed by atoms with Gasteiger partial charge in [-0.05, 0) is 51.4 Å². The molecule has 0 fully saturated rings. The van der Waals surface area contributed by atoms with Gasteiger partial charge in [-0.2, -0.15) is 0 Å². The third-order valence-corrected chi connectivity index (χ3v) is 9.21. The third kappa shape index (κ3) is 37.2. The van der Waals surface area contributed by atoms with Crippen molar-refractivity contribution in [1.29, 1.82) is 0 Å². The molecule has 0 aromatic heterocycles. The number of carbonyl (C=O) groups excluding carboxylic acids is 3. The minimum atomic E-state index is -0.764. The zero-order valence-electron chi connectivity index (χ0n) is 33.2. The van der Waals surface area contributed by atoms with Crippen LogP contribution in [0.1, 0.15) is 220 Å². The van der Waals surface area contributed by atoms with Gasteiger partial charge in [-0.15, -0.1) is 0 Å². The molecule has 0 radical (unpaired) electrons. The molecule has 1 unspecified atom stereocenters. The fourth-order valence-electron chi connectivity index (χ4n) is 5.94. The summed E-state index contributed by atoms with van der Waals surface area (Å²) in [5, 5.41) is 0. The second-order valence-corrected chi connectivity index (χ2v) is 14.3. The van der Waals surface area contributed by atoms with E-state index >= 15 is 0 Å². The fraction of sp³-hybridized carbons (Fsp3) is 0.841. The molecule has 0 aromatic rings. The Bertz CT molecular complexity index is 819. The number of ether oxygens (including phenoxy) is 3. The minimum absolute atomic E-state index is 0.0717. The Morgan fingerprint density at radius 1 is 0.400 bits per heavy atom. The minimum Gasteiger partial charge on any atom is -0.462 e. The highest BCUT2D eigenvalue weighted by atomic mass is 16.6. The number of allylic oxidation sites excluding steroid dienone is 4. The predicted octanol–water partition coefficient (Wildman–Crippen LogP) is 13.2. The van der Waals surface area contributed by atoms with Gasteiger partial charge in [-0.25, -0.2) is 0 Å². The second kappa shape index (κ2) is 39.7. The van der Waals surface area contributed by atoms with E-state index in [-0.39, 0.29) is 31.1 Å². The molecule has 0 amide bonds. The van der Waals surface area contributed by atoms with E-state index in [9.17, 15) is 14.4 Å². The molecule has 0 aliphatic rings. The van der Waals surface area contributed by atoms with E-state index in [1.54, 1.807) is 0 Å². The molecule has 1 atom stereocenters. The van der Waals surface area contributed by atoms with Crippen LogP contribution in [-0.2, 0) is 28.6 Å².